The highest BCUT2D eigenvalue weighted by Gasteiger charge is 1.95. The molecule has 5 nitrogen and oxygen atoms in total. The second-order valence-electron chi connectivity index (χ2n) is 1.40. The van der Waals surface area contributed by atoms with E-state index in [1.165, 1.54) is 12.5 Å². The number of H-pyrrole nitrogens is 1. The zero-order chi connectivity index (χ0) is 6.69. The fourth-order valence-corrected chi connectivity index (χ4v) is 0.439. The molecule has 48 valence electrons. The molecule has 0 radical (unpaired) electrons. The van der Waals surface area contributed by atoms with E-state index < -0.39 is 6.09 Å². The second kappa shape index (κ2) is 2.17. The third kappa shape index (κ3) is 1.45. The van der Waals surface area contributed by atoms with Gasteiger partial charge in [0.25, 0.3) is 0 Å². The average Bonchev–Trinajstić information content (AvgIpc) is 2.15. The van der Waals surface area contributed by atoms with Gasteiger partial charge in [-0.2, -0.15) is 0 Å². The van der Waals surface area contributed by atoms with Crippen LogP contribution in [0.15, 0.2) is 12.5 Å². The quantitative estimate of drug-likeness (QED) is 0.514. The number of imidazole rings is 1. The summed E-state index contributed by atoms with van der Waals surface area (Å²) in [5.74, 6) is 0.377. The van der Waals surface area contributed by atoms with Crippen molar-refractivity contribution in [2.45, 2.75) is 0 Å². The van der Waals surface area contributed by atoms with Crippen LogP contribution in [-0.2, 0) is 0 Å². The zero-order valence-corrected chi connectivity index (χ0v) is 4.46. The standard InChI is InChI=1S/C4H5N3O2/c8-4(9)7-3-1-5-2-6-3/h1-2,7H,(H,5,6)(H,8,9). The first kappa shape index (κ1) is 5.61. The SMILES string of the molecule is O=C(O)Nc1cnc[nH]1. The van der Waals surface area contributed by atoms with Crippen molar-refractivity contribution in [3.8, 4) is 0 Å². The number of nitrogens with one attached hydrogen (secondary N) is 2. The summed E-state index contributed by atoms with van der Waals surface area (Å²) in [6, 6.07) is 0. The third-order valence-corrected chi connectivity index (χ3v) is 0.740. The Labute approximate surface area is 50.7 Å². The molecule has 1 aromatic heterocycles. The highest BCUT2D eigenvalue weighted by molar-refractivity contribution is 5.81. The van der Waals surface area contributed by atoms with Gasteiger partial charge < -0.3 is 10.1 Å². The van der Waals surface area contributed by atoms with E-state index >= 15 is 0 Å². The van der Waals surface area contributed by atoms with Crippen molar-refractivity contribution < 1.29 is 9.90 Å². The molecule has 1 heterocycles. The molecule has 0 aliphatic rings. The smallest absolute Gasteiger partial charge is 0.410 e. The molecule has 0 atom stereocenters. The Morgan fingerprint density at radius 1 is 1.89 bits per heavy atom. The molecular weight excluding hydrogens is 122 g/mol. The van der Waals surface area contributed by atoms with Crippen molar-refractivity contribution in [2.75, 3.05) is 5.32 Å². The number of aromatic nitrogens is 2. The van der Waals surface area contributed by atoms with Crippen molar-refractivity contribution in [1.82, 2.24) is 9.97 Å². The molecule has 5 heteroatoms. The maximum atomic E-state index is 9.91. The Bertz CT molecular complexity index is 194. The summed E-state index contributed by atoms with van der Waals surface area (Å²) in [5.41, 5.74) is 0. The normalized spacial score (nSPS) is 8.89. The Hall–Kier alpha value is -1.52. The van der Waals surface area contributed by atoms with Gasteiger partial charge >= 0.3 is 6.09 Å². The van der Waals surface area contributed by atoms with Gasteiger partial charge in [-0.15, -0.1) is 0 Å². The molecule has 3 N–H and O–H groups in total. The molecule has 0 aromatic carbocycles. The number of rotatable bonds is 1. The van der Waals surface area contributed by atoms with Crippen molar-refractivity contribution >= 4 is 11.9 Å². The first-order valence-corrected chi connectivity index (χ1v) is 2.27. The predicted octanol–water partition coefficient (Wildman–Crippen LogP) is 0.500. The molecule has 0 spiro atoms. The van der Waals surface area contributed by atoms with Crippen LogP contribution in [0, 0.1) is 0 Å². The summed E-state index contributed by atoms with van der Waals surface area (Å²) >= 11 is 0. The summed E-state index contributed by atoms with van der Waals surface area (Å²) in [7, 11) is 0. The van der Waals surface area contributed by atoms with Gasteiger partial charge in [-0.1, -0.05) is 0 Å². The van der Waals surface area contributed by atoms with Gasteiger partial charge in [0.15, 0.2) is 0 Å². The number of hydrogen-bond acceptors (Lipinski definition) is 2. The van der Waals surface area contributed by atoms with Gasteiger partial charge in [0.1, 0.15) is 5.82 Å². The number of anilines is 1. The Morgan fingerprint density at radius 2 is 2.67 bits per heavy atom. The highest BCUT2D eigenvalue weighted by Crippen LogP contribution is 1.95. The maximum absolute atomic E-state index is 9.91. The van der Waals surface area contributed by atoms with Crippen molar-refractivity contribution in [2.24, 2.45) is 0 Å². The van der Waals surface area contributed by atoms with Crippen LogP contribution in [-0.4, -0.2) is 21.2 Å². The molecule has 0 saturated heterocycles. The summed E-state index contributed by atoms with van der Waals surface area (Å²) in [4.78, 5) is 16.1. The predicted molar refractivity (Wildman–Crippen MR) is 30.2 cm³/mol. The lowest BCUT2D eigenvalue weighted by atomic mass is 10.7. The van der Waals surface area contributed by atoms with E-state index in [-0.39, 0.29) is 0 Å². The van der Waals surface area contributed by atoms with E-state index in [1.807, 2.05) is 0 Å². The molecule has 0 aliphatic carbocycles. The molecule has 0 aliphatic heterocycles. The molecule has 1 amide bonds. The van der Waals surface area contributed by atoms with Crippen LogP contribution in [0.3, 0.4) is 0 Å². The molecule has 9 heavy (non-hydrogen) atoms. The first-order valence-electron chi connectivity index (χ1n) is 2.27. The van der Waals surface area contributed by atoms with E-state index in [1.54, 1.807) is 0 Å². The lowest BCUT2D eigenvalue weighted by Crippen LogP contribution is -2.06. The summed E-state index contributed by atoms with van der Waals surface area (Å²) in [6.07, 6.45) is 1.68. The molecule has 1 rings (SSSR count). The van der Waals surface area contributed by atoms with Crippen LogP contribution >= 0.6 is 0 Å². The van der Waals surface area contributed by atoms with Crippen LogP contribution in [0.25, 0.3) is 0 Å². The second-order valence-corrected chi connectivity index (χ2v) is 1.40. The lowest BCUT2D eigenvalue weighted by molar-refractivity contribution is 0.209. The van der Waals surface area contributed by atoms with E-state index in [0.29, 0.717) is 5.82 Å². The molecule has 1 aromatic rings. The van der Waals surface area contributed by atoms with Crippen molar-refractivity contribution in [3.05, 3.63) is 12.5 Å². The van der Waals surface area contributed by atoms with Crippen LogP contribution in [0.4, 0.5) is 10.6 Å². The number of aromatic amines is 1. The van der Waals surface area contributed by atoms with Crippen molar-refractivity contribution in [3.63, 3.8) is 0 Å². The van der Waals surface area contributed by atoms with Crippen molar-refractivity contribution in [1.29, 1.82) is 0 Å². The van der Waals surface area contributed by atoms with Gasteiger partial charge in [-0.25, -0.2) is 9.78 Å². The average molecular weight is 127 g/mol. The Kier molecular flexibility index (Phi) is 1.35. The molecule has 0 bridgehead atoms. The highest BCUT2D eigenvalue weighted by atomic mass is 16.4. The molecule has 0 saturated carbocycles. The van der Waals surface area contributed by atoms with E-state index in [0.717, 1.165) is 0 Å². The minimum Gasteiger partial charge on any atom is -0.465 e. The topological polar surface area (TPSA) is 78.0 Å². The fourth-order valence-electron chi connectivity index (χ4n) is 0.439. The van der Waals surface area contributed by atoms with Crippen LogP contribution < -0.4 is 5.32 Å². The Morgan fingerprint density at radius 3 is 3.11 bits per heavy atom. The minimum absolute atomic E-state index is 0.377. The van der Waals surface area contributed by atoms with Crippen LogP contribution in [0.5, 0.6) is 0 Å². The number of nitrogens with zero attached hydrogens (tertiary/aromatic N) is 1. The summed E-state index contributed by atoms with van der Waals surface area (Å²) in [6.45, 7) is 0. The first-order chi connectivity index (χ1) is 4.29. The zero-order valence-electron chi connectivity index (χ0n) is 4.46. The van der Waals surface area contributed by atoms with E-state index in [4.69, 9.17) is 5.11 Å². The maximum Gasteiger partial charge on any atom is 0.410 e. The van der Waals surface area contributed by atoms with Crippen LogP contribution in [0.1, 0.15) is 0 Å². The number of carboxylic acid groups (broad SMARTS) is 1. The fraction of sp³-hybridized carbons (Fsp3) is 0. The summed E-state index contributed by atoms with van der Waals surface area (Å²) in [5, 5.41) is 10.2. The van der Waals surface area contributed by atoms with Gasteiger partial charge in [0.05, 0.1) is 12.5 Å². The van der Waals surface area contributed by atoms with Gasteiger partial charge in [-0.05, 0) is 0 Å². The van der Waals surface area contributed by atoms with Gasteiger partial charge in [0.2, 0.25) is 0 Å². The monoisotopic (exact) mass is 127 g/mol. The van der Waals surface area contributed by atoms with Gasteiger partial charge in [0, 0.05) is 0 Å². The molecular formula is C4H5N3O2. The largest absolute Gasteiger partial charge is 0.465 e. The minimum atomic E-state index is -1.10. The van der Waals surface area contributed by atoms with E-state index in [9.17, 15) is 4.79 Å². The number of hydrogen-bond donors (Lipinski definition) is 3. The third-order valence-electron chi connectivity index (χ3n) is 0.740. The van der Waals surface area contributed by atoms with Gasteiger partial charge in [-0.3, -0.25) is 5.32 Å². The lowest BCUT2D eigenvalue weighted by Gasteiger charge is -1.90. The summed E-state index contributed by atoms with van der Waals surface area (Å²) < 4.78 is 0. The van der Waals surface area contributed by atoms with E-state index in [2.05, 4.69) is 15.3 Å². The number of carbonyl (C=O) groups is 1. The molecule has 0 fully saturated rings. The number of amides is 1. The molecule has 0 unspecified atom stereocenters. The van der Waals surface area contributed by atoms with Crippen LogP contribution in [0.2, 0.25) is 0 Å². The Balaban J connectivity index is 2.58.